The van der Waals surface area contributed by atoms with E-state index in [9.17, 15) is 4.79 Å². The van der Waals surface area contributed by atoms with Gasteiger partial charge in [0.15, 0.2) is 6.61 Å². The molecule has 0 bridgehead atoms. The average Bonchev–Trinajstić information content (AvgIpc) is 2.99. The number of carbonyl (C=O) groups is 1. The van der Waals surface area contributed by atoms with Crippen LogP contribution in [0.15, 0.2) is 54.6 Å². The van der Waals surface area contributed by atoms with E-state index in [1.54, 1.807) is 0 Å². The molecular weight excluding hydrogens is 314 g/mol. The lowest BCUT2D eigenvalue weighted by atomic mass is 10.3. The minimum atomic E-state index is -0.123. The Bertz CT molecular complexity index is 827. The number of rotatable bonds is 8. The molecule has 0 saturated carbocycles. The lowest BCUT2D eigenvalue weighted by molar-refractivity contribution is -0.123. The third-order valence-electron chi connectivity index (χ3n) is 3.96. The number of imidazole rings is 1. The van der Waals surface area contributed by atoms with Gasteiger partial charge in [-0.3, -0.25) is 4.79 Å². The van der Waals surface area contributed by atoms with Gasteiger partial charge in [-0.15, -0.1) is 0 Å². The lowest BCUT2D eigenvalue weighted by Crippen LogP contribution is -2.31. The van der Waals surface area contributed by atoms with Crippen molar-refractivity contribution in [2.75, 3.05) is 13.2 Å². The van der Waals surface area contributed by atoms with E-state index in [-0.39, 0.29) is 12.5 Å². The predicted molar refractivity (Wildman–Crippen MR) is 98.7 cm³/mol. The zero-order valence-electron chi connectivity index (χ0n) is 14.4. The molecule has 5 nitrogen and oxygen atoms in total. The topological polar surface area (TPSA) is 56.2 Å². The van der Waals surface area contributed by atoms with Gasteiger partial charge < -0.3 is 14.6 Å². The molecule has 0 spiro atoms. The Hall–Kier alpha value is -2.82. The molecule has 0 saturated heterocycles. The normalized spacial score (nSPS) is 10.8. The molecule has 3 aromatic rings. The number of aromatic nitrogens is 2. The molecule has 0 fully saturated rings. The fourth-order valence-electron chi connectivity index (χ4n) is 2.82. The summed E-state index contributed by atoms with van der Waals surface area (Å²) in [6.45, 7) is 3.65. The Balaban J connectivity index is 1.54. The maximum absolute atomic E-state index is 11.9. The summed E-state index contributed by atoms with van der Waals surface area (Å²) in [4.78, 5) is 16.6. The van der Waals surface area contributed by atoms with E-state index in [1.807, 2.05) is 48.5 Å². The van der Waals surface area contributed by atoms with Gasteiger partial charge in [0.2, 0.25) is 0 Å². The first-order valence-corrected chi connectivity index (χ1v) is 8.66. The third kappa shape index (κ3) is 4.38. The number of hydrogen-bond acceptors (Lipinski definition) is 3. The molecule has 0 aliphatic carbocycles. The highest BCUT2D eigenvalue weighted by Crippen LogP contribution is 2.16. The number of ether oxygens (including phenoxy) is 1. The number of nitrogens with zero attached hydrogens (tertiary/aromatic N) is 2. The zero-order valence-corrected chi connectivity index (χ0v) is 14.4. The van der Waals surface area contributed by atoms with Crippen molar-refractivity contribution in [3.8, 4) is 5.75 Å². The summed E-state index contributed by atoms with van der Waals surface area (Å²) in [5.74, 6) is 1.58. The van der Waals surface area contributed by atoms with E-state index < -0.39 is 0 Å². The number of nitrogens with one attached hydrogen (secondary N) is 1. The molecule has 1 amide bonds. The Labute approximate surface area is 147 Å². The van der Waals surface area contributed by atoms with Gasteiger partial charge in [-0.25, -0.2) is 4.98 Å². The van der Waals surface area contributed by atoms with Crippen molar-refractivity contribution >= 4 is 16.9 Å². The molecule has 0 atom stereocenters. The minimum absolute atomic E-state index is 0.0232. The maximum Gasteiger partial charge on any atom is 0.257 e. The highest BCUT2D eigenvalue weighted by molar-refractivity contribution is 5.77. The molecule has 130 valence electrons. The van der Waals surface area contributed by atoms with Crippen molar-refractivity contribution in [3.63, 3.8) is 0 Å². The van der Waals surface area contributed by atoms with Crippen LogP contribution in [0.2, 0.25) is 0 Å². The van der Waals surface area contributed by atoms with Crippen LogP contribution in [0.1, 0.15) is 19.2 Å². The second kappa shape index (κ2) is 8.33. The Morgan fingerprint density at radius 1 is 1.12 bits per heavy atom. The molecule has 5 heteroatoms. The van der Waals surface area contributed by atoms with Crippen LogP contribution < -0.4 is 10.1 Å². The largest absolute Gasteiger partial charge is 0.484 e. The molecule has 0 aliphatic rings. The highest BCUT2D eigenvalue weighted by atomic mass is 16.5. The van der Waals surface area contributed by atoms with Crippen LogP contribution in [0.3, 0.4) is 0 Å². The van der Waals surface area contributed by atoms with E-state index in [0.29, 0.717) is 18.7 Å². The van der Waals surface area contributed by atoms with E-state index in [2.05, 4.69) is 22.9 Å². The van der Waals surface area contributed by atoms with Crippen LogP contribution in [0.4, 0.5) is 0 Å². The summed E-state index contributed by atoms with van der Waals surface area (Å²) in [7, 11) is 0. The number of hydrogen-bond donors (Lipinski definition) is 1. The van der Waals surface area contributed by atoms with Gasteiger partial charge in [0.25, 0.3) is 5.91 Å². The van der Waals surface area contributed by atoms with E-state index in [1.165, 1.54) is 0 Å². The Morgan fingerprint density at radius 2 is 1.88 bits per heavy atom. The van der Waals surface area contributed by atoms with E-state index in [4.69, 9.17) is 9.72 Å². The predicted octanol–water partition coefficient (Wildman–Crippen LogP) is 3.18. The van der Waals surface area contributed by atoms with Gasteiger partial charge >= 0.3 is 0 Å². The summed E-state index contributed by atoms with van der Waals surface area (Å²) < 4.78 is 7.69. The zero-order chi connectivity index (χ0) is 17.5. The molecule has 25 heavy (non-hydrogen) atoms. The van der Waals surface area contributed by atoms with Crippen molar-refractivity contribution in [3.05, 3.63) is 60.4 Å². The lowest BCUT2D eigenvalue weighted by Gasteiger charge is -2.09. The fraction of sp³-hybridized carbons (Fsp3) is 0.300. The second-order valence-corrected chi connectivity index (χ2v) is 5.87. The highest BCUT2D eigenvalue weighted by Gasteiger charge is 2.10. The monoisotopic (exact) mass is 337 g/mol. The number of aryl methyl sites for hydroxylation is 1. The summed E-state index contributed by atoms with van der Waals surface area (Å²) >= 11 is 0. The van der Waals surface area contributed by atoms with Crippen LogP contribution in [0.25, 0.3) is 11.0 Å². The number of carbonyl (C=O) groups excluding carboxylic acids is 1. The van der Waals surface area contributed by atoms with Crippen LogP contribution in [0, 0.1) is 0 Å². The third-order valence-corrected chi connectivity index (χ3v) is 3.96. The quantitative estimate of drug-likeness (QED) is 0.687. The molecule has 1 N–H and O–H groups in total. The standard InChI is InChI=1S/C20H23N3O2/c1-2-14-23-18-11-7-6-10-17(18)22-19(23)12-13-21-20(24)15-25-16-8-4-3-5-9-16/h3-11H,2,12-15H2,1H3,(H,21,24). The van der Waals surface area contributed by atoms with Crippen molar-refractivity contribution < 1.29 is 9.53 Å². The van der Waals surface area contributed by atoms with Crippen molar-refractivity contribution in [2.45, 2.75) is 26.3 Å². The van der Waals surface area contributed by atoms with Crippen molar-refractivity contribution in [1.82, 2.24) is 14.9 Å². The fourth-order valence-corrected chi connectivity index (χ4v) is 2.82. The Morgan fingerprint density at radius 3 is 2.68 bits per heavy atom. The Kier molecular flexibility index (Phi) is 5.67. The summed E-state index contributed by atoms with van der Waals surface area (Å²) in [6.07, 6.45) is 1.75. The van der Waals surface area contributed by atoms with Gasteiger partial charge in [0.1, 0.15) is 11.6 Å². The van der Waals surface area contributed by atoms with Gasteiger partial charge in [0.05, 0.1) is 11.0 Å². The summed E-state index contributed by atoms with van der Waals surface area (Å²) in [5.41, 5.74) is 2.16. The smallest absolute Gasteiger partial charge is 0.257 e. The molecule has 0 radical (unpaired) electrons. The molecule has 2 aromatic carbocycles. The molecule has 3 rings (SSSR count). The van der Waals surface area contributed by atoms with E-state index in [0.717, 1.165) is 29.8 Å². The number of fused-ring (bicyclic) bond motifs is 1. The second-order valence-electron chi connectivity index (χ2n) is 5.87. The maximum atomic E-state index is 11.9. The number of benzene rings is 2. The first kappa shape index (κ1) is 17.0. The number of para-hydroxylation sites is 3. The first-order valence-electron chi connectivity index (χ1n) is 8.66. The van der Waals surface area contributed by atoms with Gasteiger partial charge in [-0.1, -0.05) is 37.3 Å². The van der Waals surface area contributed by atoms with Crippen LogP contribution >= 0.6 is 0 Å². The van der Waals surface area contributed by atoms with E-state index >= 15 is 0 Å². The van der Waals surface area contributed by atoms with Crippen LogP contribution in [-0.2, 0) is 17.8 Å². The van der Waals surface area contributed by atoms with Crippen molar-refractivity contribution in [1.29, 1.82) is 0 Å². The SMILES string of the molecule is CCCn1c(CCNC(=O)COc2ccccc2)nc2ccccc21. The summed E-state index contributed by atoms with van der Waals surface area (Å²) in [5, 5.41) is 2.90. The van der Waals surface area contributed by atoms with Crippen LogP contribution in [-0.4, -0.2) is 28.6 Å². The molecule has 1 aromatic heterocycles. The minimum Gasteiger partial charge on any atom is -0.484 e. The van der Waals surface area contributed by atoms with Gasteiger partial charge in [-0.2, -0.15) is 0 Å². The van der Waals surface area contributed by atoms with Gasteiger partial charge in [-0.05, 0) is 30.7 Å². The van der Waals surface area contributed by atoms with Crippen LogP contribution in [0.5, 0.6) is 5.75 Å². The average molecular weight is 337 g/mol. The first-order chi connectivity index (χ1) is 12.3. The number of amides is 1. The molecule has 1 heterocycles. The summed E-state index contributed by atoms with van der Waals surface area (Å²) in [6, 6.07) is 17.5. The molecule has 0 unspecified atom stereocenters. The molecular formula is C20H23N3O2. The van der Waals surface area contributed by atoms with Crippen molar-refractivity contribution in [2.24, 2.45) is 0 Å². The van der Waals surface area contributed by atoms with Gasteiger partial charge in [0, 0.05) is 19.5 Å². The molecule has 0 aliphatic heterocycles.